The Morgan fingerprint density at radius 3 is 2.23 bits per heavy atom. The van der Waals surface area contributed by atoms with Crippen LogP contribution in [0.5, 0.6) is 0 Å². The van der Waals surface area contributed by atoms with Gasteiger partial charge >= 0.3 is 0 Å². The first-order valence-corrected chi connectivity index (χ1v) is 11.7. The van der Waals surface area contributed by atoms with Gasteiger partial charge in [0.25, 0.3) is 0 Å². The summed E-state index contributed by atoms with van der Waals surface area (Å²) in [6.45, 7) is 9.64. The van der Waals surface area contributed by atoms with Crippen molar-refractivity contribution in [2.24, 2.45) is 0 Å². The van der Waals surface area contributed by atoms with Crippen molar-refractivity contribution in [1.29, 1.82) is 0 Å². The summed E-state index contributed by atoms with van der Waals surface area (Å²) in [6.07, 6.45) is 0.277. The van der Waals surface area contributed by atoms with Crippen LogP contribution in [-0.2, 0) is 4.74 Å². The molecule has 2 fully saturated rings. The molecule has 2 aliphatic heterocycles. The molecule has 0 N–H and O–H groups in total. The molecule has 0 unspecified atom stereocenters. The minimum absolute atomic E-state index is 0.139. The van der Waals surface area contributed by atoms with E-state index >= 15 is 0 Å². The summed E-state index contributed by atoms with van der Waals surface area (Å²) in [5, 5.41) is 0. The molecule has 0 aliphatic carbocycles. The number of imidazole rings is 1. The number of thioether (sulfide) groups is 1. The highest BCUT2D eigenvalue weighted by atomic mass is 32.2. The molecule has 0 bridgehead atoms. The molecule has 5 rings (SSSR count). The lowest BCUT2D eigenvalue weighted by Crippen LogP contribution is -2.46. The minimum Gasteiger partial charge on any atom is -0.372 e. The Bertz CT molecular complexity index is 1040. The van der Waals surface area contributed by atoms with E-state index in [9.17, 15) is 0 Å². The second kappa shape index (κ2) is 8.03. The van der Waals surface area contributed by atoms with E-state index in [0.29, 0.717) is 11.9 Å². The van der Waals surface area contributed by atoms with Crippen molar-refractivity contribution >= 4 is 34.7 Å². The largest absolute Gasteiger partial charge is 0.372 e. The van der Waals surface area contributed by atoms with E-state index < -0.39 is 0 Å². The average Bonchev–Trinajstić information content (AvgIpc) is 3.09. The van der Waals surface area contributed by atoms with Gasteiger partial charge in [0, 0.05) is 37.7 Å². The molecule has 0 amide bonds. The summed E-state index contributed by atoms with van der Waals surface area (Å²) >= 11 is 1.98. The normalized spacial score (nSPS) is 22.6. The molecule has 8 nitrogen and oxygen atoms in total. The second-order valence-electron chi connectivity index (χ2n) is 7.98. The molecule has 2 aliphatic rings. The zero-order valence-corrected chi connectivity index (χ0v) is 18.5. The molecule has 0 radical (unpaired) electrons. The molecule has 4 heterocycles. The predicted molar refractivity (Wildman–Crippen MR) is 121 cm³/mol. The van der Waals surface area contributed by atoms with E-state index in [0.717, 1.165) is 60.5 Å². The van der Waals surface area contributed by atoms with Crippen LogP contribution in [0.15, 0.2) is 24.3 Å². The van der Waals surface area contributed by atoms with Crippen molar-refractivity contribution in [1.82, 2.24) is 24.5 Å². The number of hydrogen-bond donors (Lipinski definition) is 0. The summed E-state index contributed by atoms with van der Waals surface area (Å²) in [6, 6.07) is 8.12. The van der Waals surface area contributed by atoms with Crippen LogP contribution in [0.2, 0.25) is 0 Å². The number of para-hydroxylation sites is 2. The van der Waals surface area contributed by atoms with Crippen molar-refractivity contribution in [2.75, 3.05) is 47.5 Å². The molecule has 30 heavy (non-hydrogen) atoms. The monoisotopic (exact) mass is 425 g/mol. The van der Waals surface area contributed by atoms with Crippen molar-refractivity contribution in [3.05, 3.63) is 30.1 Å². The second-order valence-corrected chi connectivity index (χ2v) is 9.21. The molecule has 2 saturated heterocycles. The molecular weight excluding hydrogens is 398 g/mol. The lowest BCUT2D eigenvalue weighted by Gasteiger charge is -2.36. The number of aromatic nitrogens is 5. The van der Waals surface area contributed by atoms with Crippen molar-refractivity contribution < 1.29 is 4.74 Å². The van der Waals surface area contributed by atoms with Gasteiger partial charge < -0.3 is 14.5 Å². The number of nitrogens with zero attached hydrogens (tertiary/aromatic N) is 7. The van der Waals surface area contributed by atoms with Crippen LogP contribution in [0.3, 0.4) is 0 Å². The summed E-state index contributed by atoms with van der Waals surface area (Å²) in [4.78, 5) is 23.9. The van der Waals surface area contributed by atoms with Crippen molar-refractivity contribution in [3.63, 3.8) is 0 Å². The standard InChI is InChI=1S/C21H27N7OS/c1-14-12-27(13-15(2)29-14)20-23-19(26-8-10-30-11-9-26)24-21(25-20)28-16(3)22-17-6-4-5-7-18(17)28/h4-7,14-15H,8-13H2,1-3H3/t14-,15+. The SMILES string of the molecule is Cc1nc2ccccc2n1-c1nc(N2CCSCC2)nc(N2C[C@@H](C)O[C@@H](C)C2)n1. The lowest BCUT2D eigenvalue weighted by molar-refractivity contribution is -0.00573. The van der Waals surface area contributed by atoms with Gasteiger partial charge in [-0.25, -0.2) is 4.98 Å². The highest BCUT2D eigenvalue weighted by molar-refractivity contribution is 7.99. The van der Waals surface area contributed by atoms with Gasteiger partial charge in [-0.1, -0.05) is 12.1 Å². The van der Waals surface area contributed by atoms with Gasteiger partial charge in [-0.3, -0.25) is 4.57 Å². The maximum Gasteiger partial charge on any atom is 0.242 e. The van der Waals surface area contributed by atoms with Crippen LogP contribution in [0.25, 0.3) is 17.0 Å². The molecule has 0 spiro atoms. The predicted octanol–water partition coefficient (Wildman–Crippen LogP) is 2.69. The number of ether oxygens (including phenoxy) is 1. The van der Waals surface area contributed by atoms with Crippen molar-refractivity contribution in [2.45, 2.75) is 33.0 Å². The van der Waals surface area contributed by atoms with Crippen molar-refractivity contribution in [3.8, 4) is 5.95 Å². The Morgan fingerprint density at radius 1 is 0.867 bits per heavy atom. The molecule has 2 atom stereocenters. The summed E-state index contributed by atoms with van der Waals surface area (Å²) < 4.78 is 7.96. The third-order valence-corrected chi connectivity index (χ3v) is 6.47. The molecule has 3 aromatic rings. The van der Waals surface area contributed by atoms with E-state index in [4.69, 9.17) is 24.7 Å². The third-order valence-electron chi connectivity index (χ3n) is 5.52. The Hall–Kier alpha value is -2.39. The fourth-order valence-corrected chi connectivity index (χ4v) is 5.13. The van der Waals surface area contributed by atoms with E-state index in [-0.39, 0.29) is 12.2 Å². The summed E-state index contributed by atoms with van der Waals surface area (Å²) in [5.74, 6) is 5.15. The summed E-state index contributed by atoms with van der Waals surface area (Å²) in [5.41, 5.74) is 1.96. The van der Waals surface area contributed by atoms with Gasteiger partial charge in [0.15, 0.2) is 0 Å². The van der Waals surface area contributed by atoms with Gasteiger partial charge in [-0.2, -0.15) is 26.7 Å². The molecule has 158 valence electrons. The highest BCUT2D eigenvalue weighted by Crippen LogP contribution is 2.25. The van der Waals surface area contributed by atoms with Gasteiger partial charge in [-0.15, -0.1) is 0 Å². The fourth-order valence-electron chi connectivity index (χ4n) is 4.23. The molecule has 2 aromatic heterocycles. The van der Waals surface area contributed by atoms with Crippen LogP contribution in [-0.4, -0.2) is 74.4 Å². The zero-order valence-electron chi connectivity index (χ0n) is 17.7. The first kappa shape index (κ1) is 19.6. The number of aryl methyl sites for hydroxylation is 1. The van der Waals surface area contributed by atoms with Gasteiger partial charge in [0.2, 0.25) is 17.8 Å². The van der Waals surface area contributed by atoms with Gasteiger partial charge in [-0.05, 0) is 32.9 Å². The zero-order chi connectivity index (χ0) is 20.7. The van der Waals surface area contributed by atoms with Crippen LogP contribution in [0.4, 0.5) is 11.9 Å². The smallest absolute Gasteiger partial charge is 0.242 e. The number of rotatable bonds is 3. The Balaban J connectivity index is 1.63. The quantitative estimate of drug-likeness (QED) is 0.634. The molecule has 9 heteroatoms. The Labute approximate surface area is 180 Å². The number of hydrogen-bond acceptors (Lipinski definition) is 8. The number of fused-ring (bicyclic) bond motifs is 1. The molecular formula is C21H27N7OS. The average molecular weight is 426 g/mol. The van der Waals surface area contributed by atoms with Crippen LogP contribution in [0.1, 0.15) is 19.7 Å². The van der Waals surface area contributed by atoms with E-state index in [2.05, 4.69) is 29.7 Å². The van der Waals surface area contributed by atoms with Gasteiger partial charge in [0.05, 0.1) is 23.2 Å². The topological polar surface area (TPSA) is 72.2 Å². The number of anilines is 2. The Kier molecular flexibility index (Phi) is 5.24. The van der Waals surface area contributed by atoms with E-state index in [1.54, 1.807) is 0 Å². The van der Waals surface area contributed by atoms with E-state index in [1.807, 2.05) is 41.5 Å². The van der Waals surface area contributed by atoms with Crippen LogP contribution < -0.4 is 9.80 Å². The third kappa shape index (κ3) is 3.72. The summed E-state index contributed by atoms with van der Waals surface area (Å²) in [7, 11) is 0. The van der Waals surface area contributed by atoms with Crippen LogP contribution >= 0.6 is 11.8 Å². The fraction of sp³-hybridized carbons (Fsp3) is 0.524. The molecule has 1 aromatic carbocycles. The highest BCUT2D eigenvalue weighted by Gasteiger charge is 2.27. The number of morpholine rings is 1. The lowest BCUT2D eigenvalue weighted by atomic mass is 10.2. The Morgan fingerprint density at radius 2 is 1.50 bits per heavy atom. The first-order chi connectivity index (χ1) is 14.6. The minimum atomic E-state index is 0.139. The van der Waals surface area contributed by atoms with Gasteiger partial charge in [0.1, 0.15) is 5.82 Å². The number of benzene rings is 1. The maximum absolute atomic E-state index is 5.92. The van der Waals surface area contributed by atoms with Crippen LogP contribution in [0, 0.1) is 6.92 Å². The molecule has 0 saturated carbocycles. The first-order valence-electron chi connectivity index (χ1n) is 10.5. The maximum atomic E-state index is 5.92. The van der Waals surface area contributed by atoms with E-state index in [1.165, 1.54) is 0 Å².